The van der Waals surface area contributed by atoms with E-state index in [-0.39, 0.29) is 24.6 Å². The maximum absolute atomic E-state index is 11.3. The molecule has 8 nitrogen and oxygen atoms in total. The number of anilines is 1. The lowest BCUT2D eigenvalue weighted by Gasteiger charge is -2.16. The summed E-state index contributed by atoms with van der Waals surface area (Å²) in [5.74, 6) is 0.576. The summed E-state index contributed by atoms with van der Waals surface area (Å²) < 4.78 is 29.6. The molecule has 5 rings (SSSR count). The van der Waals surface area contributed by atoms with Crippen molar-refractivity contribution in [2.45, 2.75) is 43.9 Å². The van der Waals surface area contributed by atoms with Crippen LogP contribution in [0.25, 0.3) is 11.0 Å². The highest BCUT2D eigenvalue weighted by molar-refractivity contribution is 7.85. The van der Waals surface area contributed by atoms with Crippen LogP contribution >= 0.6 is 0 Å². The lowest BCUT2D eigenvalue weighted by atomic mass is 10.1. The average Bonchev–Trinajstić information content (AvgIpc) is 3.43. The second-order valence-corrected chi connectivity index (χ2v) is 10.2. The lowest BCUT2D eigenvalue weighted by Crippen LogP contribution is -2.20. The molecule has 2 aliphatic carbocycles. The highest BCUT2D eigenvalue weighted by atomic mass is 32.2. The Hall–Kier alpha value is -2.49. The van der Waals surface area contributed by atoms with Gasteiger partial charge in [-0.2, -0.15) is 8.42 Å². The zero-order chi connectivity index (χ0) is 21.6. The second-order valence-electron chi connectivity index (χ2n) is 8.56. The van der Waals surface area contributed by atoms with E-state index in [0.717, 1.165) is 35.9 Å². The van der Waals surface area contributed by atoms with Crippen LogP contribution in [0.4, 0.5) is 5.82 Å². The number of benzene rings is 1. The summed E-state index contributed by atoms with van der Waals surface area (Å²) >= 11 is 0. The molecule has 2 aliphatic rings. The van der Waals surface area contributed by atoms with Gasteiger partial charge in [0.05, 0.1) is 30.4 Å². The van der Waals surface area contributed by atoms with Crippen molar-refractivity contribution in [1.29, 1.82) is 0 Å². The third kappa shape index (κ3) is 4.05. The second kappa shape index (κ2) is 7.89. The van der Waals surface area contributed by atoms with E-state index in [1.54, 1.807) is 6.33 Å². The predicted molar refractivity (Wildman–Crippen MR) is 117 cm³/mol. The fourth-order valence-corrected chi connectivity index (χ4v) is 5.37. The number of hydrogen-bond donors (Lipinski definition) is 2. The summed E-state index contributed by atoms with van der Waals surface area (Å²) in [4.78, 5) is 9.00. The van der Waals surface area contributed by atoms with Crippen LogP contribution in [0.3, 0.4) is 0 Å². The quantitative estimate of drug-likeness (QED) is 0.566. The monoisotopic (exact) mass is 442 g/mol. The number of nitrogens with zero attached hydrogens (tertiary/aromatic N) is 3. The first-order chi connectivity index (χ1) is 14.9. The smallest absolute Gasteiger partial charge is 0.264 e. The molecule has 0 saturated heterocycles. The number of aliphatic hydroxyl groups excluding tert-OH is 1. The van der Waals surface area contributed by atoms with Crippen LogP contribution < -0.4 is 5.32 Å². The summed E-state index contributed by atoms with van der Waals surface area (Å²) in [5.41, 5.74) is 3.51. The minimum atomic E-state index is -3.53. The molecule has 31 heavy (non-hydrogen) atoms. The van der Waals surface area contributed by atoms with Crippen molar-refractivity contribution < 1.29 is 17.7 Å². The maximum atomic E-state index is 11.3. The molecule has 1 saturated carbocycles. The van der Waals surface area contributed by atoms with E-state index in [1.165, 1.54) is 11.1 Å². The Kier molecular flexibility index (Phi) is 5.19. The van der Waals surface area contributed by atoms with Gasteiger partial charge in [-0.1, -0.05) is 24.3 Å². The van der Waals surface area contributed by atoms with Crippen molar-refractivity contribution >= 4 is 27.0 Å². The fraction of sp³-hybridized carbons (Fsp3) is 0.455. The largest absolute Gasteiger partial charge is 0.393 e. The van der Waals surface area contributed by atoms with Crippen LogP contribution in [0.1, 0.15) is 42.5 Å². The molecule has 0 aliphatic heterocycles. The molecule has 4 atom stereocenters. The average molecular weight is 443 g/mol. The topological polar surface area (TPSA) is 106 Å². The van der Waals surface area contributed by atoms with Crippen LogP contribution in [-0.4, -0.2) is 47.0 Å². The molecular formula is C22H26N4O4S. The number of rotatable bonds is 6. The van der Waals surface area contributed by atoms with Crippen molar-refractivity contribution in [3.05, 3.63) is 54.0 Å². The molecule has 1 aromatic carbocycles. The summed E-state index contributed by atoms with van der Waals surface area (Å²) in [6, 6.07) is 10.7. The zero-order valence-electron chi connectivity index (χ0n) is 17.3. The van der Waals surface area contributed by atoms with Crippen LogP contribution in [0.2, 0.25) is 0 Å². The van der Waals surface area contributed by atoms with Crippen molar-refractivity contribution in [2.24, 2.45) is 5.92 Å². The first-order valence-corrected chi connectivity index (χ1v) is 12.4. The molecule has 2 heterocycles. The minimum Gasteiger partial charge on any atom is -0.393 e. The third-order valence-electron chi connectivity index (χ3n) is 6.48. The molecule has 2 unspecified atom stereocenters. The van der Waals surface area contributed by atoms with Gasteiger partial charge < -0.3 is 15.0 Å². The van der Waals surface area contributed by atoms with Crippen molar-refractivity contribution in [1.82, 2.24) is 14.5 Å². The van der Waals surface area contributed by atoms with Crippen LogP contribution in [0.15, 0.2) is 42.9 Å². The van der Waals surface area contributed by atoms with Gasteiger partial charge in [0.25, 0.3) is 10.1 Å². The third-order valence-corrected chi connectivity index (χ3v) is 7.04. The Bertz CT molecular complexity index is 1210. The summed E-state index contributed by atoms with van der Waals surface area (Å²) in [5, 5.41) is 15.0. The standard InChI is InChI=1S/C22H26N4O4S/c1-31(28,29)30-12-15-10-16(11-20(15)27)26-9-8-18-21(23-13-24-22(18)26)25-19-7-6-14-4-2-3-5-17(14)19/h2-5,8-9,13,15-16,19-20,27H,6-7,10-12H2,1H3,(H,23,24,25)/t15?,16-,19?,20+/m1/s1. The molecule has 1 fully saturated rings. The highest BCUT2D eigenvalue weighted by Crippen LogP contribution is 2.39. The van der Waals surface area contributed by atoms with Gasteiger partial charge in [-0.3, -0.25) is 4.18 Å². The van der Waals surface area contributed by atoms with Gasteiger partial charge in [-0.15, -0.1) is 0 Å². The Labute approximate surface area is 181 Å². The van der Waals surface area contributed by atoms with E-state index < -0.39 is 16.2 Å². The molecule has 164 valence electrons. The summed E-state index contributed by atoms with van der Waals surface area (Å²) in [7, 11) is -3.53. The van der Waals surface area contributed by atoms with Crippen molar-refractivity contribution in [2.75, 3.05) is 18.2 Å². The van der Waals surface area contributed by atoms with Crippen LogP contribution in [0, 0.1) is 5.92 Å². The van der Waals surface area contributed by atoms with Gasteiger partial charge in [0.1, 0.15) is 17.8 Å². The van der Waals surface area contributed by atoms with Crippen molar-refractivity contribution in [3.8, 4) is 0 Å². The number of nitrogens with one attached hydrogen (secondary N) is 1. The molecule has 3 aromatic rings. The zero-order valence-corrected chi connectivity index (χ0v) is 18.1. The molecule has 0 spiro atoms. The summed E-state index contributed by atoms with van der Waals surface area (Å²) in [6.07, 6.45) is 7.20. The number of hydrogen-bond acceptors (Lipinski definition) is 7. The maximum Gasteiger partial charge on any atom is 0.264 e. The van der Waals surface area contributed by atoms with E-state index in [2.05, 4.69) is 44.1 Å². The van der Waals surface area contributed by atoms with E-state index in [1.807, 2.05) is 12.3 Å². The molecule has 2 N–H and O–H groups in total. The van der Waals surface area contributed by atoms with Crippen molar-refractivity contribution in [3.63, 3.8) is 0 Å². The fourth-order valence-electron chi connectivity index (χ4n) is 4.94. The molecule has 9 heteroatoms. The Morgan fingerprint density at radius 3 is 2.90 bits per heavy atom. The van der Waals surface area contributed by atoms with Gasteiger partial charge in [0, 0.05) is 18.2 Å². The molecule has 0 bridgehead atoms. The van der Waals surface area contributed by atoms with Gasteiger partial charge in [-0.25, -0.2) is 9.97 Å². The Morgan fingerprint density at radius 2 is 2.06 bits per heavy atom. The number of aliphatic hydroxyl groups is 1. The lowest BCUT2D eigenvalue weighted by molar-refractivity contribution is 0.101. The molecule has 0 radical (unpaired) electrons. The predicted octanol–water partition coefficient (Wildman–Crippen LogP) is 2.82. The molecule has 0 amide bonds. The minimum absolute atomic E-state index is 0.00141. The first kappa shape index (κ1) is 20.4. The van der Waals surface area contributed by atoms with E-state index in [9.17, 15) is 13.5 Å². The number of aryl methyl sites for hydroxylation is 1. The van der Waals surface area contributed by atoms with Crippen LogP contribution in [0.5, 0.6) is 0 Å². The van der Waals surface area contributed by atoms with Gasteiger partial charge in [0.15, 0.2) is 0 Å². The van der Waals surface area contributed by atoms with E-state index in [4.69, 9.17) is 4.18 Å². The molecular weight excluding hydrogens is 416 g/mol. The first-order valence-electron chi connectivity index (χ1n) is 10.6. The van der Waals surface area contributed by atoms with Gasteiger partial charge in [0.2, 0.25) is 0 Å². The highest BCUT2D eigenvalue weighted by Gasteiger charge is 2.35. The van der Waals surface area contributed by atoms with Crippen LogP contribution in [-0.2, 0) is 20.7 Å². The van der Waals surface area contributed by atoms with E-state index in [0.29, 0.717) is 12.8 Å². The van der Waals surface area contributed by atoms with Gasteiger partial charge in [-0.05, 0) is 42.9 Å². The van der Waals surface area contributed by atoms with Gasteiger partial charge >= 0.3 is 0 Å². The SMILES string of the molecule is CS(=O)(=O)OCC1C[C@@H](n2ccc3c(NC4CCc5ccccc54)ncnc32)C[C@@H]1O. The molecule has 2 aromatic heterocycles. The normalized spacial score (nSPS) is 25.7. The Balaban J connectivity index is 1.37. The number of fused-ring (bicyclic) bond motifs is 2. The van der Waals surface area contributed by atoms with E-state index >= 15 is 0 Å². The Morgan fingerprint density at radius 1 is 1.23 bits per heavy atom. The number of aromatic nitrogens is 3. The summed E-state index contributed by atoms with van der Waals surface area (Å²) in [6.45, 7) is -0.00141.